The molecular weight excluding hydrogens is 370 g/mol. The van der Waals surface area contributed by atoms with Crippen LogP contribution in [0.15, 0.2) is 23.1 Å². The fraction of sp³-hybridized carbons (Fsp3) is 0.739. The van der Waals surface area contributed by atoms with E-state index in [1.54, 1.807) is 12.1 Å². The molecule has 0 radical (unpaired) electrons. The summed E-state index contributed by atoms with van der Waals surface area (Å²) < 4.78 is 28.7. The molecule has 0 bridgehead atoms. The maximum absolute atomic E-state index is 11.5. The Morgan fingerprint density at radius 1 is 0.786 bits per heavy atom. The molecule has 0 saturated heterocycles. The monoisotopic (exact) mass is 411 g/mol. The summed E-state index contributed by atoms with van der Waals surface area (Å²) in [6, 6.07) is 4.66. The van der Waals surface area contributed by atoms with Gasteiger partial charge in [0.05, 0.1) is 17.2 Å². The molecule has 0 heterocycles. The van der Waals surface area contributed by atoms with Crippen LogP contribution in [0.4, 0.5) is 5.69 Å². The third-order valence-corrected chi connectivity index (χ3v) is 6.28. The quantitative estimate of drug-likeness (QED) is 0.234. The second-order valence-electron chi connectivity index (χ2n) is 7.92. The molecule has 0 atom stereocenters. The van der Waals surface area contributed by atoms with Gasteiger partial charge >= 0.3 is 0 Å². The molecule has 0 spiro atoms. The predicted molar refractivity (Wildman–Crippen MR) is 120 cm³/mol. The number of hydrogen-bond acceptors (Lipinski definition) is 4. The predicted octanol–water partition coefficient (Wildman–Crippen LogP) is 6.53. The Hall–Kier alpha value is -1.23. The lowest BCUT2D eigenvalue weighted by Gasteiger charge is -2.10. The van der Waals surface area contributed by atoms with Crippen LogP contribution in [-0.4, -0.2) is 21.3 Å². The van der Waals surface area contributed by atoms with Crippen LogP contribution in [0.3, 0.4) is 0 Å². The van der Waals surface area contributed by atoms with E-state index >= 15 is 0 Å². The number of rotatable bonds is 17. The molecular formula is C23H41NO3S. The first-order valence-corrected chi connectivity index (χ1v) is 13.1. The minimum Gasteiger partial charge on any atom is -0.491 e. The van der Waals surface area contributed by atoms with Crippen molar-refractivity contribution in [2.75, 3.05) is 18.6 Å². The van der Waals surface area contributed by atoms with Crippen molar-refractivity contribution in [3.8, 4) is 5.75 Å². The van der Waals surface area contributed by atoms with Crippen LogP contribution < -0.4 is 10.5 Å². The average molecular weight is 412 g/mol. The first kappa shape index (κ1) is 24.8. The molecule has 0 unspecified atom stereocenters. The zero-order valence-electron chi connectivity index (χ0n) is 18.0. The van der Waals surface area contributed by atoms with E-state index in [0.717, 1.165) is 6.42 Å². The maximum Gasteiger partial charge on any atom is 0.175 e. The van der Waals surface area contributed by atoms with Crippen LogP contribution in [-0.2, 0) is 9.84 Å². The topological polar surface area (TPSA) is 69.4 Å². The zero-order valence-corrected chi connectivity index (χ0v) is 18.9. The summed E-state index contributed by atoms with van der Waals surface area (Å²) in [5.74, 6) is 0.571. The molecule has 1 aromatic rings. The molecule has 5 heteroatoms. The van der Waals surface area contributed by atoms with E-state index in [-0.39, 0.29) is 4.90 Å². The molecule has 1 rings (SSSR count). The van der Waals surface area contributed by atoms with Crippen LogP contribution >= 0.6 is 0 Å². The van der Waals surface area contributed by atoms with E-state index in [9.17, 15) is 8.42 Å². The highest BCUT2D eigenvalue weighted by atomic mass is 32.2. The lowest BCUT2D eigenvalue weighted by atomic mass is 10.0. The molecule has 162 valence electrons. The Morgan fingerprint density at radius 2 is 1.25 bits per heavy atom. The minimum atomic E-state index is -3.23. The van der Waals surface area contributed by atoms with Gasteiger partial charge in [-0.2, -0.15) is 0 Å². The van der Waals surface area contributed by atoms with Crippen molar-refractivity contribution in [2.45, 2.75) is 102 Å². The normalized spacial score (nSPS) is 11.6. The van der Waals surface area contributed by atoms with Gasteiger partial charge in [-0.25, -0.2) is 8.42 Å². The smallest absolute Gasteiger partial charge is 0.175 e. The Morgan fingerprint density at radius 3 is 1.68 bits per heavy atom. The van der Waals surface area contributed by atoms with E-state index in [4.69, 9.17) is 10.5 Å². The number of nitrogen functional groups attached to an aromatic ring is 1. The number of hydrogen-bond donors (Lipinski definition) is 1. The van der Waals surface area contributed by atoms with Gasteiger partial charge < -0.3 is 10.5 Å². The number of nitrogens with two attached hydrogens (primary N) is 1. The van der Waals surface area contributed by atoms with E-state index in [1.165, 1.54) is 95.8 Å². The summed E-state index contributed by atoms with van der Waals surface area (Å²) in [4.78, 5) is 0.230. The summed E-state index contributed by atoms with van der Waals surface area (Å²) in [5, 5.41) is 0. The Kier molecular flexibility index (Phi) is 13.0. The summed E-state index contributed by atoms with van der Waals surface area (Å²) in [6.45, 7) is 2.89. The highest BCUT2D eigenvalue weighted by molar-refractivity contribution is 7.90. The molecule has 0 aromatic heterocycles. The molecule has 1 aromatic carbocycles. The molecule has 0 aliphatic carbocycles. The summed E-state index contributed by atoms with van der Waals surface area (Å²) in [6.07, 6.45) is 19.8. The largest absolute Gasteiger partial charge is 0.491 e. The maximum atomic E-state index is 11.5. The third kappa shape index (κ3) is 11.6. The van der Waals surface area contributed by atoms with Crippen LogP contribution in [0.25, 0.3) is 0 Å². The first-order chi connectivity index (χ1) is 13.4. The van der Waals surface area contributed by atoms with Crippen molar-refractivity contribution in [2.24, 2.45) is 0 Å². The van der Waals surface area contributed by atoms with Gasteiger partial charge in [0.25, 0.3) is 0 Å². The molecule has 0 amide bonds. The fourth-order valence-corrected chi connectivity index (χ4v) is 4.02. The van der Waals surface area contributed by atoms with Crippen molar-refractivity contribution in [1.29, 1.82) is 0 Å². The van der Waals surface area contributed by atoms with Gasteiger partial charge in [-0.1, -0.05) is 90.4 Å². The van der Waals surface area contributed by atoms with Crippen molar-refractivity contribution < 1.29 is 13.2 Å². The van der Waals surface area contributed by atoms with Crippen molar-refractivity contribution in [1.82, 2.24) is 0 Å². The zero-order chi connectivity index (χ0) is 20.7. The minimum absolute atomic E-state index is 0.230. The van der Waals surface area contributed by atoms with Crippen LogP contribution in [0.1, 0.15) is 96.8 Å². The molecule has 0 aliphatic rings. The first-order valence-electron chi connectivity index (χ1n) is 11.2. The van der Waals surface area contributed by atoms with Gasteiger partial charge in [0, 0.05) is 6.26 Å². The number of unbranched alkanes of at least 4 members (excludes halogenated alkanes) is 13. The summed E-state index contributed by atoms with van der Waals surface area (Å²) >= 11 is 0. The lowest BCUT2D eigenvalue weighted by molar-refractivity contribution is 0.305. The van der Waals surface area contributed by atoms with Gasteiger partial charge in [0.1, 0.15) is 5.75 Å². The Balaban J connectivity index is 1.96. The number of benzene rings is 1. The standard InChI is InChI=1S/C23H41NO3S/c1-3-4-5-6-7-8-9-10-11-12-13-14-15-16-19-27-23-18-17-21(20-22(23)24)28(2,25)26/h17-18,20H,3-16,19,24H2,1-2H3. The van der Waals surface area contributed by atoms with Crippen LogP contribution in [0.5, 0.6) is 5.75 Å². The second kappa shape index (κ2) is 14.7. The average Bonchev–Trinajstić information content (AvgIpc) is 2.65. The summed E-state index contributed by atoms with van der Waals surface area (Å²) in [5.41, 5.74) is 6.27. The Labute approximate surface area is 173 Å². The molecule has 0 saturated carbocycles. The number of sulfone groups is 1. The molecule has 2 N–H and O–H groups in total. The van der Waals surface area contributed by atoms with E-state index in [0.29, 0.717) is 18.0 Å². The molecule has 28 heavy (non-hydrogen) atoms. The van der Waals surface area contributed by atoms with Crippen molar-refractivity contribution in [3.05, 3.63) is 18.2 Å². The van der Waals surface area contributed by atoms with Gasteiger partial charge in [-0.15, -0.1) is 0 Å². The molecule has 0 fully saturated rings. The van der Waals surface area contributed by atoms with Crippen LogP contribution in [0.2, 0.25) is 0 Å². The highest BCUT2D eigenvalue weighted by Crippen LogP contribution is 2.25. The number of ether oxygens (including phenoxy) is 1. The molecule has 4 nitrogen and oxygen atoms in total. The molecule has 0 aliphatic heterocycles. The lowest BCUT2D eigenvalue weighted by Crippen LogP contribution is -2.03. The SMILES string of the molecule is CCCCCCCCCCCCCCCCOc1ccc(S(C)(=O)=O)cc1N. The second-order valence-corrected chi connectivity index (χ2v) is 9.93. The van der Waals surface area contributed by atoms with Gasteiger partial charge in [0.2, 0.25) is 0 Å². The van der Waals surface area contributed by atoms with Crippen molar-refractivity contribution in [3.63, 3.8) is 0 Å². The van der Waals surface area contributed by atoms with E-state index in [2.05, 4.69) is 6.92 Å². The van der Waals surface area contributed by atoms with Gasteiger partial charge in [-0.05, 0) is 24.6 Å². The highest BCUT2D eigenvalue weighted by Gasteiger charge is 2.10. The van der Waals surface area contributed by atoms with Gasteiger partial charge in [0.15, 0.2) is 9.84 Å². The fourth-order valence-electron chi connectivity index (χ4n) is 3.37. The van der Waals surface area contributed by atoms with E-state index in [1.807, 2.05) is 0 Å². The third-order valence-electron chi connectivity index (χ3n) is 5.16. The van der Waals surface area contributed by atoms with Gasteiger partial charge in [-0.3, -0.25) is 0 Å². The van der Waals surface area contributed by atoms with Crippen molar-refractivity contribution >= 4 is 15.5 Å². The van der Waals surface area contributed by atoms with E-state index < -0.39 is 9.84 Å². The van der Waals surface area contributed by atoms with Crippen LogP contribution in [0, 0.1) is 0 Å². The number of anilines is 1. The Bertz CT molecular complexity index is 629. The summed E-state index contributed by atoms with van der Waals surface area (Å²) in [7, 11) is -3.23.